The number of rotatable bonds is 6. The van der Waals surface area contributed by atoms with Crippen molar-refractivity contribution in [3.8, 4) is 11.1 Å². The molecule has 0 heterocycles. The van der Waals surface area contributed by atoms with Gasteiger partial charge in [0, 0.05) is 6.61 Å². The van der Waals surface area contributed by atoms with E-state index in [1.54, 1.807) is 12.1 Å². The van der Waals surface area contributed by atoms with Crippen molar-refractivity contribution in [2.75, 3.05) is 6.61 Å². The first-order chi connectivity index (χ1) is 10.1. The van der Waals surface area contributed by atoms with Gasteiger partial charge in [0.1, 0.15) is 0 Å². The highest BCUT2D eigenvalue weighted by molar-refractivity contribution is 5.88. The highest BCUT2D eigenvalue weighted by atomic mass is 16.5. The summed E-state index contributed by atoms with van der Waals surface area (Å²) in [6, 6.07) is 15.1. The average Bonchev–Trinajstić information content (AvgIpc) is 2.53. The molecule has 2 aromatic rings. The van der Waals surface area contributed by atoms with Crippen LogP contribution in [0.2, 0.25) is 0 Å². The summed E-state index contributed by atoms with van der Waals surface area (Å²) in [5.41, 5.74) is 3.53. The normalized spacial score (nSPS) is 12.1. The van der Waals surface area contributed by atoms with Crippen molar-refractivity contribution in [3.05, 3.63) is 59.7 Å². The maximum Gasteiger partial charge on any atom is 0.335 e. The Morgan fingerprint density at radius 1 is 1.05 bits per heavy atom. The topological polar surface area (TPSA) is 46.5 Å². The minimum atomic E-state index is -0.904. The van der Waals surface area contributed by atoms with Crippen LogP contribution in [0.15, 0.2) is 48.5 Å². The second kappa shape index (κ2) is 7.04. The van der Waals surface area contributed by atoms with Gasteiger partial charge in [0.05, 0.1) is 11.7 Å². The third-order valence-electron chi connectivity index (χ3n) is 3.42. The van der Waals surface area contributed by atoms with E-state index in [1.165, 1.54) is 0 Å². The first kappa shape index (κ1) is 15.3. The van der Waals surface area contributed by atoms with E-state index in [9.17, 15) is 4.79 Å². The van der Waals surface area contributed by atoms with Crippen LogP contribution in [-0.2, 0) is 4.74 Å². The number of carboxylic acid groups (broad SMARTS) is 1. The second-order valence-corrected chi connectivity index (χ2v) is 5.02. The van der Waals surface area contributed by atoms with Crippen molar-refractivity contribution < 1.29 is 14.6 Å². The lowest BCUT2D eigenvalue weighted by Crippen LogP contribution is -2.00. The Kier molecular flexibility index (Phi) is 5.12. The quantitative estimate of drug-likeness (QED) is 0.847. The van der Waals surface area contributed by atoms with Crippen molar-refractivity contribution in [2.45, 2.75) is 26.4 Å². The van der Waals surface area contributed by atoms with E-state index in [0.717, 1.165) is 29.7 Å². The number of carbonyl (C=O) groups is 1. The van der Waals surface area contributed by atoms with Crippen LogP contribution < -0.4 is 0 Å². The largest absolute Gasteiger partial charge is 0.478 e. The zero-order valence-corrected chi connectivity index (χ0v) is 12.4. The van der Waals surface area contributed by atoms with E-state index in [-0.39, 0.29) is 6.10 Å². The highest BCUT2D eigenvalue weighted by Gasteiger charge is 2.06. The summed E-state index contributed by atoms with van der Waals surface area (Å²) in [7, 11) is 0. The maximum atomic E-state index is 10.8. The van der Waals surface area contributed by atoms with Crippen LogP contribution in [0.3, 0.4) is 0 Å². The van der Waals surface area contributed by atoms with E-state index in [4.69, 9.17) is 9.84 Å². The van der Waals surface area contributed by atoms with Crippen molar-refractivity contribution >= 4 is 5.97 Å². The molecule has 3 nitrogen and oxygen atoms in total. The Hall–Kier alpha value is -2.13. The van der Waals surface area contributed by atoms with Gasteiger partial charge in [-0.15, -0.1) is 0 Å². The van der Waals surface area contributed by atoms with Crippen LogP contribution in [-0.4, -0.2) is 17.7 Å². The lowest BCUT2D eigenvalue weighted by molar-refractivity contribution is 0.0662. The zero-order valence-electron chi connectivity index (χ0n) is 12.4. The van der Waals surface area contributed by atoms with Crippen LogP contribution in [0.25, 0.3) is 11.1 Å². The summed E-state index contributed by atoms with van der Waals surface area (Å²) in [6.45, 7) is 4.91. The molecule has 0 amide bonds. The standard InChI is InChI=1S/C18H20O3/c1-3-12-21-13(2)14-4-6-15(7-5-14)16-8-10-17(11-9-16)18(19)20/h4-11,13H,3,12H2,1-2H3,(H,19,20). The number of hydrogen-bond acceptors (Lipinski definition) is 2. The van der Waals surface area contributed by atoms with Gasteiger partial charge in [-0.25, -0.2) is 4.79 Å². The number of ether oxygens (including phenoxy) is 1. The van der Waals surface area contributed by atoms with Gasteiger partial charge in [0.25, 0.3) is 0 Å². The number of hydrogen-bond donors (Lipinski definition) is 1. The average molecular weight is 284 g/mol. The van der Waals surface area contributed by atoms with Gasteiger partial charge in [0.15, 0.2) is 0 Å². The third kappa shape index (κ3) is 3.92. The van der Waals surface area contributed by atoms with Crippen molar-refractivity contribution in [3.63, 3.8) is 0 Å². The predicted molar refractivity (Wildman–Crippen MR) is 83.5 cm³/mol. The van der Waals surface area contributed by atoms with E-state index in [1.807, 2.05) is 31.2 Å². The molecular formula is C18H20O3. The Morgan fingerprint density at radius 3 is 2.05 bits per heavy atom. The lowest BCUT2D eigenvalue weighted by atomic mass is 10.0. The molecule has 0 spiro atoms. The molecule has 110 valence electrons. The summed E-state index contributed by atoms with van der Waals surface area (Å²) in [4.78, 5) is 10.8. The molecule has 0 aliphatic rings. The predicted octanol–water partition coefficient (Wildman–Crippen LogP) is 4.54. The number of benzene rings is 2. The van der Waals surface area contributed by atoms with E-state index >= 15 is 0 Å². The van der Waals surface area contributed by atoms with Gasteiger partial charge < -0.3 is 9.84 Å². The molecule has 2 rings (SSSR count). The van der Waals surface area contributed by atoms with Crippen LogP contribution in [0.4, 0.5) is 0 Å². The fourth-order valence-corrected chi connectivity index (χ4v) is 2.14. The van der Waals surface area contributed by atoms with E-state index in [0.29, 0.717) is 5.56 Å². The van der Waals surface area contributed by atoms with E-state index < -0.39 is 5.97 Å². The molecular weight excluding hydrogens is 264 g/mol. The Morgan fingerprint density at radius 2 is 1.57 bits per heavy atom. The molecule has 0 aliphatic heterocycles. The molecule has 0 saturated carbocycles. The molecule has 0 saturated heterocycles. The molecule has 2 aromatic carbocycles. The Bertz CT molecular complexity index is 585. The van der Waals surface area contributed by atoms with Gasteiger partial charge in [-0.05, 0) is 42.2 Å². The summed E-state index contributed by atoms with van der Waals surface area (Å²) < 4.78 is 5.70. The molecule has 21 heavy (non-hydrogen) atoms. The summed E-state index contributed by atoms with van der Waals surface area (Å²) in [6.07, 6.45) is 1.10. The van der Waals surface area contributed by atoms with Crippen LogP contribution >= 0.6 is 0 Å². The molecule has 0 aliphatic carbocycles. The molecule has 0 aromatic heterocycles. The van der Waals surface area contributed by atoms with Gasteiger partial charge in [-0.3, -0.25) is 0 Å². The minimum absolute atomic E-state index is 0.0911. The molecule has 1 N–H and O–H groups in total. The molecule has 0 bridgehead atoms. The van der Waals surface area contributed by atoms with E-state index in [2.05, 4.69) is 19.1 Å². The van der Waals surface area contributed by atoms with Gasteiger partial charge in [0.2, 0.25) is 0 Å². The number of aromatic carboxylic acids is 1. The molecule has 1 atom stereocenters. The van der Waals surface area contributed by atoms with Crippen molar-refractivity contribution in [1.82, 2.24) is 0 Å². The first-order valence-electron chi connectivity index (χ1n) is 7.17. The highest BCUT2D eigenvalue weighted by Crippen LogP contribution is 2.24. The van der Waals surface area contributed by atoms with Crippen LogP contribution in [0, 0.1) is 0 Å². The number of carboxylic acids is 1. The smallest absolute Gasteiger partial charge is 0.335 e. The lowest BCUT2D eigenvalue weighted by Gasteiger charge is -2.13. The maximum absolute atomic E-state index is 10.8. The van der Waals surface area contributed by atoms with Gasteiger partial charge in [-0.1, -0.05) is 43.3 Å². The van der Waals surface area contributed by atoms with Gasteiger partial charge in [-0.2, -0.15) is 0 Å². The zero-order chi connectivity index (χ0) is 15.2. The third-order valence-corrected chi connectivity index (χ3v) is 3.42. The minimum Gasteiger partial charge on any atom is -0.478 e. The summed E-state index contributed by atoms with van der Waals surface area (Å²) in [5, 5.41) is 8.90. The fraction of sp³-hybridized carbons (Fsp3) is 0.278. The molecule has 0 fully saturated rings. The molecule has 3 heteroatoms. The SMILES string of the molecule is CCCOC(C)c1ccc(-c2ccc(C(=O)O)cc2)cc1. The fourth-order valence-electron chi connectivity index (χ4n) is 2.14. The monoisotopic (exact) mass is 284 g/mol. The Balaban J connectivity index is 2.13. The van der Waals surface area contributed by atoms with Gasteiger partial charge >= 0.3 is 5.97 Å². The molecule has 1 unspecified atom stereocenters. The van der Waals surface area contributed by atoms with Crippen molar-refractivity contribution in [1.29, 1.82) is 0 Å². The molecule has 0 radical (unpaired) electrons. The van der Waals surface area contributed by atoms with Crippen molar-refractivity contribution in [2.24, 2.45) is 0 Å². The Labute approximate surface area is 125 Å². The summed E-state index contributed by atoms with van der Waals surface area (Å²) >= 11 is 0. The van der Waals surface area contributed by atoms with Crippen LogP contribution in [0.1, 0.15) is 42.3 Å². The first-order valence-corrected chi connectivity index (χ1v) is 7.17. The second-order valence-electron chi connectivity index (χ2n) is 5.02. The summed E-state index contributed by atoms with van der Waals surface area (Å²) in [5.74, 6) is -0.904. The van der Waals surface area contributed by atoms with Crippen LogP contribution in [0.5, 0.6) is 0 Å².